The molecule has 3 aromatic carbocycles. The average Bonchev–Trinajstić information content (AvgIpc) is 3.55. The zero-order chi connectivity index (χ0) is 59.5. The van der Waals surface area contributed by atoms with E-state index in [1.807, 2.05) is 32.8 Å². The zero-order valence-corrected chi connectivity index (χ0v) is 52.1. The molecule has 15 nitrogen and oxygen atoms in total. The summed E-state index contributed by atoms with van der Waals surface area (Å²) in [5, 5.41) is 64.8. The van der Waals surface area contributed by atoms with Gasteiger partial charge in [0.2, 0.25) is 0 Å². The summed E-state index contributed by atoms with van der Waals surface area (Å²) >= 11 is 0. The summed E-state index contributed by atoms with van der Waals surface area (Å²) in [6.07, 6.45) is -1.41. The van der Waals surface area contributed by atoms with Crippen LogP contribution >= 0.6 is 7.26 Å². The molecule has 3 aliphatic rings. The number of hydrogen-bond acceptors (Lipinski definition) is 14. The van der Waals surface area contributed by atoms with Crippen molar-refractivity contribution >= 4 is 35.1 Å². The minimum atomic E-state index is -2.30. The molecule has 0 radical (unpaired) electrons. The van der Waals surface area contributed by atoms with Crippen molar-refractivity contribution in [3.05, 3.63) is 91.0 Å². The monoisotopic (exact) mass is 1150 g/mol. The van der Waals surface area contributed by atoms with Gasteiger partial charge in [-0.05, 0) is 87.7 Å². The van der Waals surface area contributed by atoms with Crippen molar-refractivity contribution in [3.8, 4) is 0 Å². The van der Waals surface area contributed by atoms with E-state index in [0.29, 0.717) is 12.8 Å². The minimum absolute atomic E-state index is 0.0696. The number of carbonyl (C=O) groups excluding carboxylic acids is 2. The second-order valence-corrected chi connectivity index (χ2v) is 29.3. The Balaban J connectivity index is 1.20. The number of amides is 1. The van der Waals surface area contributed by atoms with E-state index in [1.54, 1.807) is 53.4 Å². The van der Waals surface area contributed by atoms with Gasteiger partial charge in [-0.1, -0.05) is 20.8 Å². The van der Waals surface area contributed by atoms with E-state index in [1.165, 1.54) is 29.9 Å². The Hall–Kier alpha value is -3.41. The van der Waals surface area contributed by atoms with Crippen molar-refractivity contribution in [1.82, 2.24) is 9.80 Å². The number of hydrogen-bond donors (Lipinski definition) is 5. The van der Waals surface area contributed by atoms with E-state index in [0.717, 1.165) is 44.7 Å². The van der Waals surface area contributed by atoms with E-state index in [-0.39, 0.29) is 50.3 Å². The van der Waals surface area contributed by atoms with Crippen LogP contribution in [0.5, 0.6) is 0 Å². The van der Waals surface area contributed by atoms with Gasteiger partial charge < -0.3 is 58.9 Å². The summed E-state index contributed by atoms with van der Waals surface area (Å²) < 4.78 is 38.3. The molecule has 3 saturated heterocycles. The average molecular weight is 1150 g/mol. The number of methoxy groups -OCH3 is 1. The topological polar surface area (TPSA) is 197 Å². The van der Waals surface area contributed by atoms with E-state index >= 15 is 0 Å². The molecule has 0 spiro atoms. The van der Waals surface area contributed by atoms with Crippen LogP contribution in [0.3, 0.4) is 0 Å². The van der Waals surface area contributed by atoms with Gasteiger partial charge >= 0.3 is 206 Å². The molecule has 0 unspecified atom stereocenters. The normalized spacial score (nSPS) is 36.1. The van der Waals surface area contributed by atoms with Crippen molar-refractivity contribution < 1.29 is 63.5 Å². The van der Waals surface area contributed by atoms with Crippen molar-refractivity contribution in [2.24, 2.45) is 17.8 Å². The van der Waals surface area contributed by atoms with Gasteiger partial charge in [0.15, 0.2) is 12.6 Å². The Kier molecular flexibility index (Phi) is 24.4. The molecule has 1 amide bonds. The number of carbonyl (C=O) groups is 2. The third-order valence-corrected chi connectivity index (χ3v) is 23.5. The van der Waals surface area contributed by atoms with E-state index in [2.05, 4.69) is 91.0 Å². The first kappa shape index (κ1) is 66.7. The number of ether oxygens (including phenoxy) is 6. The van der Waals surface area contributed by atoms with Gasteiger partial charge in [0.05, 0.1) is 41.5 Å². The molecule has 0 bridgehead atoms. The van der Waals surface area contributed by atoms with Gasteiger partial charge in [-0.2, -0.15) is 0 Å². The fourth-order valence-electron chi connectivity index (χ4n) is 13.6. The second-order valence-electron chi connectivity index (χ2n) is 25.2. The molecule has 3 aliphatic heterocycles. The molecular formula is C65H103N2O13P. The standard InChI is InChI=1S/C65H103N2O13P/c1-14-53-65(10,74)58(70)47(6)67(54(68)37-29-18-16-15-17-19-30-38-81(49-31-23-20-24-32-49,50-33-25-21-26-34-50)51-35-27-22-28-36-51)42-43(2)40-63(8,73)60(80-62-56(69)52(66(11)12)39-44(3)76-62)45(4)57(46(5)61(72)78-53)79-55-41-64(9,75-13)59(71)48(7)77-55/h20-28,31-36,43-48,52-53,55-60,62,69-71,73-74,81H,14-19,29-30,37-42H2,1-13H3/t43-,44-,45+,46-,47-,48+,52+,53-,55+,56-,57+,58-,59+,60-,62+,63-,64-,65-/m1/s1. The number of likely N-dealkylation sites (N-methyl/N-ethyl adjacent to an activating group) is 1. The summed E-state index contributed by atoms with van der Waals surface area (Å²) in [5.74, 6) is -3.28. The summed E-state index contributed by atoms with van der Waals surface area (Å²) in [6.45, 7) is 17.4. The van der Waals surface area contributed by atoms with Crippen molar-refractivity contribution in [3.63, 3.8) is 0 Å². The number of benzene rings is 3. The quantitative estimate of drug-likeness (QED) is 0.0420. The van der Waals surface area contributed by atoms with Crippen LogP contribution in [0.15, 0.2) is 91.0 Å². The predicted molar refractivity (Wildman–Crippen MR) is 322 cm³/mol. The molecule has 16 heteroatoms. The summed E-state index contributed by atoms with van der Waals surface area (Å²) in [6, 6.07) is 31.8. The SMILES string of the molecule is CC[C@H]1OC(=O)[C@H](C)[C@@H](O[C@H]2C[C@@](C)(OC)[C@@H](O)[C@H](C)O2)[C@H](C)[C@@H](O[C@@H]2O[C@H](C)C[C@H](N(C)C)[C@H]2O)[C@](C)(O)C[C@@H](C)CN(C(=O)CCCCCCCCC[PH](c2ccccc2)(c2ccccc2)c2ccccc2)[C@H](C)[C@@H](O)[C@]1(C)O. The molecule has 81 heavy (non-hydrogen) atoms. The Morgan fingerprint density at radius 3 is 1.79 bits per heavy atom. The summed E-state index contributed by atoms with van der Waals surface area (Å²) in [4.78, 5) is 32.9. The number of esters is 1. The van der Waals surface area contributed by atoms with Gasteiger partial charge in [0, 0.05) is 25.5 Å². The minimum Gasteiger partial charge on any atom is -0.388 e. The summed E-state index contributed by atoms with van der Waals surface area (Å²) in [5.41, 5.74) is -4.80. The molecule has 18 atom stereocenters. The van der Waals surface area contributed by atoms with Gasteiger partial charge in [0.25, 0.3) is 0 Å². The van der Waals surface area contributed by atoms with Crippen molar-refractivity contribution in [1.29, 1.82) is 0 Å². The summed E-state index contributed by atoms with van der Waals surface area (Å²) in [7, 11) is 2.96. The third kappa shape index (κ3) is 16.1. The first-order valence-corrected chi connectivity index (χ1v) is 32.5. The van der Waals surface area contributed by atoms with Gasteiger partial charge in [-0.25, -0.2) is 0 Å². The van der Waals surface area contributed by atoms with Crippen LogP contribution in [-0.4, -0.2) is 171 Å². The molecule has 5 N–H and O–H groups in total. The molecule has 0 saturated carbocycles. The van der Waals surface area contributed by atoms with Crippen LogP contribution in [-0.2, 0) is 38.0 Å². The Morgan fingerprint density at radius 2 is 1.27 bits per heavy atom. The number of unbranched alkanes of at least 4 members (excludes halogenated alkanes) is 6. The van der Waals surface area contributed by atoms with Crippen molar-refractivity contribution in [2.75, 3.05) is 33.9 Å². The Morgan fingerprint density at radius 1 is 0.741 bits per heavy atom. The molecule has 0 aromatic heterocycles. The second kappa shape index (κ2) is 29.6. The fraction of sp³-hybridized carbons (Fsp3) is 0.692. The van der Waals surface area contributed by atoms with E-state index < -0.39 is 109 Å². The molecule has 3 fully saturated rings. The molecule has 3 heterocycles. The van der Waals surface area contributed by atoms with Gasteiger partial charge in [0.1, 0.15) is 30.0 Å². The molecule has 6 rings (SSSR count). The van der Waals surface area contributed by atoms with E-state index in [4.69, 9.17) is 28.4 Å². The van der Waals surface area contributed by atoms with E-state index in [9.17, 15) is 35.1 Å². The zero-order valence-electron chi connectivity index (χ0n) is 51.1. The number of aliphatic hydroxyl groups is 5. The first-order chi connectivity index (χ1) is 38.3. The molecule has 3 aromatic rings. The maximum absolute atomic E-state index is 14.7. The maximum atomic E-state index is 14.7. The van der Waals surface area contributed by atoms with Crippen LogP contribution in [0.1, 0.15) is 146 Å². The van der Waals surface area contributed by atoms with Crippen LogP contribution in [0.25, 0.3) is 0 Å². The van der Waals surface area contributed by atoms with Crippen LogP contribution in [0, 0.1) is 17.8 Å². The van der Waals surface area contributed by atoms with Crippen molar-refractivity contribution in [2.45, 2.75) is 237 Å². The number of cyclic esters (lactones) is 1. The predicted octanol–water partition coefficient (Wildman–Crippen LogP) is 7.64. The smallest absolute Gasteiger partial charge is 0.388 e. The first-order valence-electron chi connectivity index (χ1n) is 30.3. The molecule has 0 aliphatic carbocycles. The Labute approximate surface area is 485 Å². The number of rotatable bonds is 20. The van der Waals surface area contributed by atoms with Gasteiger partial charge in [-0.3, -0.25) is 4.79 Å². The van der Waals surface area contributed by atoms with Gasteiger partial charge in [-0.15, -0.1) is 0 Å². The third-order valence-electron chi connectivity index (χ3n) is 18.5. The molecular weight excluding hydrogens is 1050 g/mol. The van der Waals surface area contributed by atoms with Crippen LogP contribution in [0.4, 0.5) is 0 Å². The van der Waals surface area contributed by atoms with Crippen LogP contribution < -0.4 is 15.9 Å². The van der Waals surface area contributed by atoms with Crippen LogP contribution in [0.2, 0.25) is 0 Å². The Bertz CT molecular complexity index is 2270. The molecule has 456 valence electrons. The fourth-order valence-corrected chi connectivity index (χ4v) is 18.6. The number of aliphatic hydroxyl groups excluding tert-OH is 3. The number of nitrogens with zero attached hydrogens (tertiary/aromatic N) is 2.